The Bertz CT molecular complexity index is 349. The van der Waals surface area contributed by atoms with Crippen LogP contribution in [0.15, 0.2) is 18.2 Å². The van der Waals surface area contributed by atoms with Crippen LogP contribution in [0.3, 0.4) is 0 Å². The van der Waals surface area contributed by atoms with Gasteiger partial charge < -0.3 is 14.8 Å². The summed E-state index contributed by atoms with van der Waals surface area (Å²) in [5.41, 5.74) is 0. The average Bonchev–Trinajstić information content (AvgIpc) is 2.29. The van der Waals surface area contributed by atoms with Crippen molar-refractivity contribution >= 4 is 11.6 Å². The van der Waals surface area contributed by atoms with Crippen molar-refractivity contribution in [2.75, 3.05) is 26.9 Å². The number of hydrogen-bond acceptors (Lipinski definition) is 3. The van der Waals surface area contributed by atoms with Crippen LogP contribution in [-0.4, -0.2) is 32.9 Å². The fraction of sp³-hybridized carbons (Fsp3) is 0.500. The van der Waals surface area contributed by atoms with Gasteiger partial charge in [0.2, 0.25) is 0 Å². The van der Waals surface area contributed by atoms with Crippen molar-refractivity contribution < 1.29 is 13.9 Å². The molecule has 1 rings (SSSR count). The average molecular weight is 262 g/mol. The van der Waals surface area contributed by atoms with Crippen LogP contribution in [0, 0.1) is 5.82 Å². The van der Waals surface area contributed by atoms with E-state index in [9.17, 15) is 4.39 Å². The molecule has 1 N–H and O–H groups in total. The molecule has 1 atom stereocenters. The SMILES string of the molecule is COCC(C)NCCOc1ccc(F)c(Cl)c1. The molecule has 0 aliphatic heterocycles. The van der Waals surface area contributed by atoms with Gasteiger partial charge in [-0.05, 0) is 19.1 Å². The summed E-state index contributed by atoms with van der Waals surface area (Å²) in [6, 6.07) is 4.59. The monoisotopic (exact) mass is 261 g/mol. The lowest BCUT2D eigenvalue weighted by Crippen LogP contribution is -2.33. The molecule has 0 aromatic heterocycles. The van der Waals surface area contributed by atoms with Crippen LogP contribution >= 0.6 is 11.6 Å². The van der Waals surface area contributed by atoms with Gasteiger partial charge in [-0.3, -0.25) is 0 Å². The van der Waals surface area contributed by atoms with Crippen molar-refractivity contribution in [3.8, 4) is 5.75 Å². The van der Waals surface area contributed by atoms with Gasteiger partial charge in [0.05, 0.1) is 11.6 Å². The molecule has 0 heterocycles. The molecule has 5 heteroatoms. The Morgan fingerprint density at radius 3 is 2.88 bits per heavy atom. The van der Waals surface area contributed by atoms with Gasteiger partial charge in [-0.2, -0.15) is 0 Å². The summed E-state index contributed by atoms with van der Waals surface area (Å²) in [4.78, 5) is 0. The molecule has 0 saturated carbocycles. The second-order valence-electron chi connectivity index (χ2n) is 3.73. The zero-order valence-corrected chi connectivity index (χ0v) is 10.8. The summed E-state index contributed by atoms with van der Waals surface area (Å²) in [6.45, 7) is 3.87. The first-order valence-electron chi connectivity index (χ1n) is 5.43. The molecule has 1 aromatic rings. The highest BCUT2D eigenvalue weighted by Crippen LogP contribution is 2.20. The Balaban J connectivity index is 2.24. The molecular weight excluding hydrogens is 245 g/mol. The minimum Gasteiger partial charge on any atom is -0.492 e. The predicted molar refractivity (Wildman–Crippen MR) is 66.2 cm³/mol. The van der Waals surface area contributed by atoms with E-state index in [4.69, 9.17) is 21.1 Å². The van der Waals surface area contributed by atoms with E-state index in [2.05, 4.69) is 5.32 Å². The zero-order valence-electron chi connectivity index (χ0n) is 10.0. The minimum absolute atomic E-state index is 0.0724. The molecule has 0 radical (unpaired) electrons. The van der Waals surface area contributed by atoms with E-state index >= 15 is 0 Å². The van der Waals surface area contributed by atoms with Crippen LogP contribution in [0.5, 0.6) is 5.75 Å². The first-order valence-corrected chi connectivity index (χ1v) is 5.81. The summed E-state index contributed by atoms with van der Waals surface area (Å²) in [5, 5.41) is 3.30. The molecule has 96 valence electrons. The molecule has 0 aliphatic rings. The maximum absolute atomic E-state index is 12.9. The smallest absolute Gasteiger partial charge is 0.142 e. The third-order valence-electron chi connectivity index (χ3n) is 2.17. The molecule has 3 nitrogen and oxygen atoms in total. The summed E-state index contributed by atoms with van der Waals surface area (Å²) in [6.07, 6.45) is 0. The number of halogens is 2. The zero-order chi connectivity index (χ0) is 12.7. The first-order chi connectivity index (χ1) is 8.13. The largest absolute Gasteiger partial charge is 0.492 e. The number of benzene rings is 1. The van der Waals surface area contributed by atoms with Crippen LogP contribution in [0.25, 0.3) is 0 Å². The van der Waals surface area contributed by atoms with E-state index in [1.807, 2.05) is 6.92 Å². The quantitative estimate of drug-likeness (QED) is 0.765. The van der Waals surface area contributed by atoms with Crippen LogP contribution in [0.2, 0.25) is 5.02 Å². The Morgan fingerprint density at radius 1 is 1.47 bits per heavy atom. The number of hydrogen-bond donors (Lipinski definition) is 1. The molecule has 0 spiro atoms. The Kier molecular flexibility index (Phi) is 6.26. The fourth-order valence-corrected chi connectivity index (χ4v) is 1.52. The van der Waals surface area contributed by atoms with Crippen molar-refractivity contribution in [3.05, 3.63) is 29.0 Å². The molecular formula is C12H17ClFNO2. The van der Waals surface area contributed by atoms with Crippen molar-refractivity contribution in [1.82, 2.24) is 5.32 Å². The summed E-state index contributed by atoms with van der Waals surface area (Å²) in [7, 11) is 1.66. The normalized spacial score (nSPS) is 12.5. The van der Waals surface area contributed by atoms with Crippen LogP contribution in [-0.2, 0) is 4.74 Å². The summed E-state index contributed by atoms with van der Waals surface area (Å²) >= 11 is 5.63. The molecule has 17 heavy (non-hydrogen) atoms. The van der Waals surface area contributed by atoms with Gasteiger partial charge in [-0.15, -0.1) is 0 Å². The van der Waals surface area contributed by atoms with Gasteiger partial charge in [0.25, 0.3) is 0 Å². The van der Waals surface area contributed by atoms with E-state index in [0.717, 1.165) is 0 Å². The standard InChI is InChI=1S/C12H17ClFNO2/c1-9(8-16-2)15-5-6-17-10-3-4-12(14)11(13)7-10/h3-4,7,9,15H,5-6,8H2,1-2H3. The van der Waals surface area contributed by atoms with Gasteiger partial charge in [-0.1, -0.05) is 11.6 Å². The van der Waals surface area contributed by atoms with Crippen molar-refractivity contribution in [3.63, 3.8) is 0 Å². The maximum Gasteiger partial charge on any atom is 0.142 e. The Morgan fingerprint density at radius 2 is 2.24 bits per heavy atom. The highest BCUT2D eigenvalue weighted by molar-refractivity contribution is 6.30. The molecule has 1 aromatic carbocycles. The summed E-state index contributed by atoms with van der Waals surface area (Å²) < 4.78 is 23.3. The second-order valence-corrected chi connectivity index (χ2v) is 4.14. The second kappa shape index (κ2) is 7.48. The topological polar surface area (TPSA) is 30.5 Å². The van der Waals surface area contributed by atoms with Gasteiger partial charge in [0, 0.05) is 25.8 Å². The molecule has 1 unspecified atom stereocenters. The Labute approximate surface area is 106 Å². The van der Waals surface area contributed by atoms with Crippen LogP contribution in [0.1, 0.15) is 6.92 Å². The van der Waals surface area contributed by atoms with Crippen LogP contribution < -0.4 is 10.1 Å². The van der Waals surface area contributed by atoms with Crippen LogP contribution in [0.4, 0.5) is 4.39 Å². The van der Waals surface area contributed by atoms with Gasteiger partial charge in [-0.25, -0.2) is 4.39 Å². The third-order valence-corrected chi connectivity index (χ3v) is 2.46. The number of rotatable bonds is 7. The highest BCUT2D eigenvalue weighted by atomic mass is 35.5. The number of nitrogens with one attached hydrogen (secondary N) is 1. The first kappa shape index (κ1) is 14.2. The molecule has 0 aliphatic carbocycles. The van der Waals surface area contributed by atoms with Crippen molar-refractivity contribution in [1.29, 1.82) is 0 Å². The number of methoxy groups -OCH3 is 1. The van der Waals surface area contributed by atoms with Gasteiger partial charge in [0.1, 0.15) is 18.2 Å². The Hall–Kier alpha value is -0.840. The fourth-order valence-electron chi connectivity index (χ4n) is 1.35. The van der Waals surface area contributed by atoms with E-state index in [0.29, 0.717) is 25.5 Å². The summed E-state index contributed by atoms with van der Waals surface area (Å²) in [5.74, 6) is 0.128. The molecule has 0 amide bonds. The van der Waals surface area contributed by atoms with E-state index in [-0.39, 0.29) is 11.1 Å². The van der Waals surface area contributed by atoms with Gasteiger partial charge >= 0.3 is 0 Å². The maximum atomic E-state index is 12.9. The number of ether oxygens (including phenoxy) is 2. The lowest BCUT2D eigenvalue weighted by Gasteiger charge is -2.13. The molecule has 0 fully saturated rings. The van der Waals surface area contributed by atoms with E-state index < -0.39 is 5.82 Å². The third kappa shape index (κ3) is 5.35. The lowest BCUT2D eigenvalue weighted by atomic mass is 10.3. The molecule has 0 saturated heterocycles. The lowest BCUT2D eigenvalue weighted by molar-refractivity contribution is 0.169. The molecule has 0 bridgehead atoms. The van der Waals surface area contributed by atoms with Gasteiger partial charge in [0.15, 0.2) is 0 Å². The van der Waals surface area contributed by atoms with E-state index in [1.54, 1.807) is 13.2 Å². The van der Waals surface area contributed by atoms with E-state index in [1.165, 1.54) is 12.1 Å². The van der Waals surface area contributed by atoms with Crippen molar-refractivity contribution in [2.24, 2.45) is 0 Å². The minimum atomic E-state index is -0.439. The highest BCUT2D eigenvalue weighted by Gasteiger charge is 2.02. The van der Waals surface area contributed by atoms with Crippen molar-refractivity contribution in [2.45, 2.75) is 13.0 Å². The predicted octanol–water partition coefficient (Wildman–Crippen LogP) is 2.48.